The maximum Gasteiger partial charge on any atom is 0.445 e. The predicted molar refractivity (Wildman–Crippen MR) is 57.5 cm³/mol. The van der Waals surface area contributed by atoms with E-state index in [1.807, 2.05) is 0 Å². The highest BCUT2D eigenvalue weighted by Gasteiger charge is 2.46. The first kappa shape index (κ1) is 13.1. The van der Waals surface area contributed by atoms with Gasteiger partial charge < -0.3 is 10.0 Å². The van der Waals surface area contributed by atoms with Crippen LogP contribution in [-0.2, 0) is 11.0 Å². The molecule has 5 nitrogen and oxygen atoms in total. The van der Waals surface area contributed by atoms with Crippen molar-refractivity contribution < 1.29 is 23.1 Å². The number of carboxylic acid groups (broad SMARTS) is 1. The van der Waals surface area contributed by atoms with Gasteiger partial charge in [0.25, 0.3) is 0 Å². The molecule has 1 fully saturated rings. The fraction of sp³-hybridized carbons (Fsp3) is 0.667. The van der Waals surface area contributed by atoms with Crippen LogP contribution in [0.5, 0.6) is 0 Å². The zero-order valence-corrected chi connectivity index (χ0v) is 10.2. The molecule has 0 saturated carbocycles. The molecule has 1 aromatic heterocycles. The van der Waals surface area contributed by atoms with Crippen LogP contribution >= 0.6 is 11.3 Å². The van der Waals surface area contributed by atoms with E-state index in [-0.39, 0.29) is 5.13 Å². The van der Waals surface area contributed by atoms with Crippen LogP contribution in [0.1, 0.15) is 24.8 Å². The monoisotopic (exact) mass is 281 g/mol. The Morgan fingerprint density at radius 3 is 2.67 bits per heavy atom. The molecule has 0 aromatic carbocycles. The molecular weight excluding hydrogens is 271 g/mol. The summed E-state index contributed by atoms with van der Waals surface area (Å²) >= 11 is 0.372. The minimum atomic E-state index is -4.55. The summed E-state index contributed by atoms with van der Waals surface area (Å²) in [6.45, 7) is 1.85. The lowest BCUT2D eigenvalue weighted by atomic mass is 10.00. The number of aliphatic carboxylic acids is 1. The number of halogens is 3. The minimum absolute atomic E-state index is 0.00438. The molecule has 2 rings (SSSR count). The Morgan fingerprint density at radius 2 is 2.17 bits per heavy atom. The normalized spacial score (nSPS) is 24.6. The van der Waals surface area contributed by atoms with E-state index in [4.69, 9.17) is 5.11 Å². The summed E-state index contributed by atoms with van der Waals surface area (Å²) in [7, 11) is 0. The van der Waals surface area contributed by atoms with Crippen molar-refractivity contribution in [3.63, 3.8) is 0 Å². The largest absolute Gasteiger partial charge is 0.480 e. The fourth-order valence-electron chi connectivity index (χ4n) is 1.93. The SMILES string of the molecule is CC1(C(=O)O)CCCN1c1nnc(C(F)(F)F)s1. The van der Waals surface area contributed by atoms with Gasteiger partial charge in [-0.15, -0.1) is 10.2 Å². The van der Waals surface area contributed by atoms with Crippen molar-refractivity contribution in [2.24, 2.45) is 0 Å². The minimum Gasteiger partial charge on any atom is -0.480 e. The fourth-order valence-corrected chi connectivity index (χ4v) is 2.79. The van der Waals surface area contributed by atoms with E-state index in [2.05, 4.69) is 10.2 Å². The molecule has 1 aliphatic heterocycles. The van der Waals surface area contributed by atoms with Gasteiger partial charge in [0.2, 0.25) is 10.1 Å². The van der Waals surface area contributed by atoms with Gasteiger partial charge in [0.1, 0.15) is 5.54 Å². The Labute approximate surface area is 104 Å². The molecule has 1 unspecified atom stereocenters. The molecule has 0 bridgehead atoms. The van der Waals surface area contributed by atoms with E-state index < -0.39 is 22.7 Å². The van der Waals surface area contributed by atoms with Gasteiger partial charge in [-0.3, -0.25) is 0 Å². The summed E-state index contributed by atoms with van der Waals surface area (Å²) in [4.78, 5) is 12.6. The molecule has 1 atom stereocenters. The first-order valence-electron chi connectivity index (χ1n) is 5.17. The molecule has 0 spiro atoms. The van der Waals surface area contributed by atoms with E-state index in [1.54, 1.807) is 0 Å². The topological polar surface area (TPSA) is 66.3 Å². The van der Waals surface area contributed by atoms with Gasteiger partial charge in [0.15, 0.2) is 0 Å². The third-order valence-corrected chi connectivity index (χ3v) is 3.98. The van der Waals surface area contributed by atoms with Gasteiger partial charge in [0.05, 0.1) is 0 Å². The van der Waals surface area contributed by atoms with Crippen LogP contribution in [0.15, 0.2) is 0 Å². The van der Waals surface area contributed by atoms with Gasteiger partial charge in [-0.05, 0) is 19.8 Å². The maximum atomic E-state index is 12.4. The molecular formula is C9H10F3N3O2S. The average Bonchev–Trinajstić information content (AvgIpc) is 2.82. The van der Waals surface area contributed by atoms with Gasteiger partial charge >= 0.3 is 12.1 Å². The Kier molecular flexibility index (Phi) is 2.96. The molecule has 0 aliphatic carbocycles. The van der Waals surface area contributed by atoms with Crippen LogP contribution in [0, 0.1) is 0 Å². The van der Waals surface area contributed by atoms with Crippen molar-refractivity contribution in [3.05, 3.63) is 5.01 Å². The van der Waals surface area contributed by atoms with Crippen molar-refractivity contribution in [2.45, 2.75) is 31.5 Å². The summed E-state index contributed by atoms with van der Waals surface area (Å²) in [5, 5.41) is 14.6. The molecule has 1 aliphatic rings. The van der Waals surface area contributed by atoms with Crippen LogP contribution in [-0.4, -0.2) is 33.4 Å². The second kappa shape index (κ2) is 4.08. The number of rotatable bonds is 2. The second-order valence-electron chi connectivity index (χ2n) is 4.22. The van der Waals surface area contributed by atoms with E-state index in [0.29, 0.717) is 30.7 Å². The standard InChI is InChI=1S/C9H10F3N3O2S/c1-8(6(16)17)3-2-4-15(8)7-14-13-5(18-7)9(10,11)12/h2-4H2,1H3,(H,16,17). The molecule has 1 aromatic rings. The number of hydrogen-bond donors (Lipinski definition) is 1. The molecule has 1 saturated heterocycles. The molecule has 9 heteroatoms. The Morgan fingerprint density at radius 1 is 1.50 bits per heavy atom. The van der Waals surface area contributed by atoms with Crippen molar-refractivity contribution in [1.82, 2.24) is 10.2 Å². The smallest absolute Gasteiger partial charge is 0.445 e. The molecule has 100 valence electrons. The van der Waals surface area contributed by atoms with Gasteiger partial charge in [0, 0.05) is 6.54 Å². The van der Waals surface area contributed by atoms with Crippen LogP contribution < -0.4 is 4.90 Å². The lowest BCUT2D eigenvalue weighted by Gasteiger charge is -2.30. The van der Waals surface area contributed by atoms with Crippen molar-refractivity contribution >= 4 is 22.4 Å². The van der Waals surface area contributed by atoms with E-state index >= 15 is 0 Å². The number of nitrogens with zero attached hydrogens (tertiary/aromatic N) is 3. The number of alkyl halides is 3. The van der Waals surface area contributed by atoms with Gasteiger partial charge in [-0.1, -0.05) is 11.3 Å². The Hall–Kier alpha value is -1.38. The van der Waals surface area contributed by atoms with E-state index in [1.165, 1.54) is 11.8 Å². The zero-order chi connectivity index (χ0) is 13.6. The highest BCUT2D eigenvalue weighted by atomic mass is 32.1. The van der Waals surface area contributed by atoms with E-state index in [9.17, 15) is 18.0 Å². The zero-order valence-electron chi connectivity index (χ0n) is 9.36. The van der Waals surface area contributed by atoms with Gasteiger partial charge in [-0.2, -0.15) is 13.2 Å². The van der Waals surface area contributed by atoms with Crippen molar-refractivity contribution in [1.29, 1.82) is 0 Å². The van der Waals surface area contributed by atoms with E-state index in [0.717, 1.165) is 0 Å². The lowest BCUT2D eigenvalue weighted by molar-refractivity contribution is -0.142. The summed E-state index contributed by atoms with van der Waals surface area (Å²) < 4.78 is 37.2. The number of anilines is 1. The van der Waals surface area contributed by atoms with Crippen LogP contribution in [0.2, 0.25) is 0 Å². The molecule has 18 heavy (non-hydrogen) atoms. The number of carboxylic acids is 1. The number of carbonyl (C=O) groups is 1. The summed E-state index contributed by atoms with van der Waals surface area (Å²) in [6.07, 6.45) is -3.57. The van der Waals surface area contributed by atoms with Crippen molar-refractivity contribution in [2.75, 3.05) is 11.4 Å². The third-order valence-electron chi connectivity index (χ3n) is 2.99. The summed E-state index contributed by atoms with van der Waals surface area (Å²) in [6, 6.07) is 0. The van der Waals surface area contributed by atoms with Crippen LogP contribution in [0.4, 0.5) is 18.3 Å². The van der Waals surface area contributed by atoms with Crippen LogP contribution in [0.3, 0.4) is 0 Å². The maximum absolute atomic E-state index is 12.4. The molecule has 0 radical (unpaired) electrons. The predicted octanol–water partition coefficient (Wildman–Crippen LogP) is 2.00. The summed E-state index contributed by atoms with van der Waals surface area (Å²) in [5.41, 5.74) is -1.21. The average molecular weight is 281 g/mol. The van der Waals surface area contributed by atoms with Crippen molar-refractivity contribution in [3.8, 4) is 0 Å². The number of hydrogen-bond acceptors (Lipinski definition) is 5. The van der Waals surface area contributed by atoms with Gasteiger partial charge in [-0.25, -0.2) is 4.79 Å². The second-order valence-corrected chi connectivity index (χ2v) is 5.18. The first-order valence-corrected chi connectivity index (χ1v) is 5.98. The molecule has 0 amide bonds. The molecule has 1 N–H and O–H groups in total. The lowest BCUT2D eigenvalue weighted by Crippen LogP contribution is -2.48. The summed E-state index contributed by atoms with van der Waals surface area (Å²) in [5.74, 6) is -1.07. The first-order chi connectivity index (χ1) is 8.25. The van der Waals surface area contributed by atoms with Crippen LogP contribution in [0.25, 0.3) is 0 Å². The molecule has 2 heterocycles. The number of aromatic nitrogens is 2. The Balaban J connectivity index is 2.32. The quantitative estimate of drug-likeness (QED) is 0.898. The highest BCUT2D eigenvalue weighted by molar-refractivity contribution is 7.15. The highest BCUT2D eigenvalue weighted by Crippen LogP contribution is 2.39. The third kappa shape index (κ3) is 2.02. The Bertz CT molecular complexity index is 476.